The number of ether oxygens (including phenoxy) is 1. The highest BCUT2D eigenvalue weighted by Crippen LogP contribution is 2.09. The van der Waals surface area contributed by atoms with Crippen molar-refractivity contribution in [1.29, 1.82) is 0 Å². The van der Waals surface area contributed by atoms with Gasteiger partial charge in [0.2, 0.25) is 0 Å². The molecule has 0 amide bonds. The van der Waals surface area contributed by atoms with Crippen molar-refractivity contribution >= 4 is 16.5 Å². The van der Waals surface area contributed by atoms with Gasteiger partial charge in [-0.3, -0.25) is 0 Å². The zero-order chi connectivity index (χ0) is 9.36. The van der Waals surface area contributed by atoms with Crippen LogP contribution >= 0.6 is 11.3 Å². The summed E-state index contributed by atoms with van der Waals surface area (Å²) >= 11 is 1.63. The molecule has 3 nitrogen and oxygen atoms in total. The first kappa shape index (κ1) is 10.5. The first-order chi connectivity index (χ1) is 6.43. The number of hydrogen-bond donors (Lipinski definition) is 1. The molecule has 0 aromatic carbocycles. The average Bonchev–Trinajstić information content (AvgIpc) is 2.63. The zero-order valence-electron chi connectivity index (χ0n) is 7.95. The topological polar surface area (TPSA) is 34.1 Å². The average molecular weight is 200 g/mol. The number of rotatable bonds is 7. The third kappa shape index (κ3) is 4.85. The molecule has 4 heteroatoms. The van der Waals surface area contributed by atoms with E-state index in [4.69, 9.17) is 4.74 Å². The molecule has 0 saturated carbocycles. The van der Waals surface area contributed by atoms with Crippen molar-refractivity contribution in [2.24, 2.45) is 0 Å². The fourth-order valence-corrected chi connectivity index (χ4v) is 1.48. The molecule has 0 fully saturated rings. The van der Waals surface area contributed by atoms with Gasteiger partial charge in [-0.15, -0.1) is 11.3 Å². The Morgan fingerprint density at radius 3 is 3.15 bits per heavy atom. The van der Waals surface area contributed by atoms with Gasteiger partial charge < -0.3 is 10.1 Å². The van der Waals surface area contributed by atoms with Gasteiger partial charge in [0.1, 0.15) is 0 Å². The summed E-state index contributed by atoms with van der Waals surface area (Å²) in [5.74, 6) is 0. The lowest BCUT2D eigenvalue weighted by atomic mass is 10.4. The third-order valence-electron chi connectivity index (χ3n) is 1.52. The summed E-state index contributed by atoms with van der Waals surface area (Å²) < 4.78 is 5.35. The first-order valence-corrected chi connectivity index (χ1v) is 5.52. The van der Waals surface area contributed by atoms with Gasteiger partial charge >= 0.3 is 0 Å². The quantitative estimate of drug-likeness (QED) is 0.686. The minimum Gasteiger partial charge on any atom is -0.381 e. The molecule has 0 spiro atoms. The van der Waals surface area contributed by atoms with Crippen LogP contribution in [-0.4, -0.2) is 24.7 Å². The van der Waals surface area contributed by atoms with E-state index in [0.717, 1.165) is 37.7 Å². The number of thiazole rings is 1. The van der Waals surface area contributed by atoms with Crippen LogP contribution < -0.4 is 5.32 Å². The molecule has 0 bridgehead atoms. The lowest BCUT2D eigenvalue weighted by Crippen LogP contribution is -2.05. The lowest BCUT2D eigenvalue weighted by molar-refractivity contribution is 0.134. The van der Waals surface area contributed by atoms with E-state index in [1.807, 2.05) is 5.38 Å². The molecule has 0 radical (unpaired) electrons. The Labute approximate surface area is 83.1 Å². The number of nitrogens with one attached hydrogen (secondary N) is 1. The van der Waals surface area contributed by atoms with Crippen molar-refractivity contribution in [2.75, 3.05) is 25.1 Å². The fourth-order valence-electron chi connectivity index (χ4n) is 0.927. The largest absolute Gasteiger partial charge is 0.381 e. The van der Waals surface area contributed by atoms with E-state index < -0.39 is 0 Å². The van der Waals surface area contributed by atoms with Gasteiger partial charge in [-0.2, -0.15) is 0 Å². The number of hydrogen-bond acceptors (Lipinski definition) is 4. The second-order valence-corrected chi connectivity index (χ2v) is 3.62. The molecule has 1 aromatic heterocycles. The molecular formula is C9H16N2OS. The molecule has 0 aliphatic carbocycles. The normalized spacial score (nSPS) is 10.2. The van der Waals surface area contributed by atoms with Crippen molar-refractivity contribution in [3.8, 4) is 0 Å². The molecule has 74 valence electrons. The van der Waals surface area contributed by atoms with Gasteiger partial charge in [-0.05, 0) is 12.8 Å². The molecule has 1 N–H and O–H groups in total. The fraction of sp³-hybridized carbons (Fsp3) is 0.667. The van der Waals surface area contributed by atoms with E-state index in [1.165, 1.54) is 0 Å². The van der Waals surface area contributed by atoms with Gasteiger partial charge in [-0.1, -0.05) is 6.92 Å². The number of anilines is 1. The third-order valence-corrected chi connectivity index (χ3v) is 2.25. The van der Waals surface area contributed by atoms with Gasteiger partial charge in [-0.25, -0.2) is 4.98 Å². The molecule has 0 aliphatic heterocycles. The minimum atomic E-state index is 0.839. The zero-order valence-corrected chi connectivity index (χ0v) is 8.77. The van der Waals surface area contributed by atoms with Crippen LogP contribution in [0.5, 0.6) is 0 Å². The smallest absolute Gasteiger partial charge is 0.182 e. The van der Waals surface area contributed by atoms with Crippen LogP contribution in [0, 0.1) is 0 Å². The predicted molar refractivity (Wildman–Crippen MR) is 56.3 cm³/mol. The molecule has 13 heavy (non-hydrogen) atoms. The maximum Gasteiger partial charge on any atom is 0.182 e. The molecule has 1 aromatic rings. The Morgan fingerprint density at radius 2 is 2.46 bits per heavy atom. The van der Waals surface area contributed by atoms with Gasteiger partial charge in [0, 0.05) is 31.3 Å². The van der Waals surface area contributed by atoms with Crippen LogP contribution in [0.1, 0.15) is 19.8 Å². The van der Waals surface area contributed by atoms with Crippen molar-refractivity contribution in [3.05, 3.63) is 11.6 Å². The highest BCUT2D eigenvalue weighted by molar-refractivity contribution is 7.13. The van der Waals surface area contributed by atoms with E-state index in [1.54, 1.807) is 17.5 Å². The lowest BCUT2D eigenvalue weighted by Gasteiger charge is -2.03. The standard InChI is InChI=1S/C9H16N2OS/c1-2-6-12-7-3-4-10-9-11-5-8-13-9/h5,8H,2-4,6-7H2,1H3,(H,10,11). The number of nitrogens with zero attached hydrogens (tertiary/aromatic N) is 1. The van der Waals surface area contributed by atoms with E-state index in [0.29, 0.717) is 0 Å². The van der Waals surface area contributed by atoms with Gasteiger partial charge in [0.05, 0.1) is 0 Å². The van der Waals surface area contributed by atoms with Crippen molar-refractivity contribution in [1.82, 2.24) is 4.98 Å². The summed E-state index contributed by atoms with van der Waals surface area (Å²) in [6.45, 7) is 4.77. The summed E-state index contributed by atoms with van der Waals surface area (Å²) in [6.07, 6.45) is 3.94. The van der Waals surface area contributed by atoms with Crippen molar-refractivity contribution < 1.29 is 4.74 Å². The number of aromatic nitrogens is 1. The van der Waals surface area contributed by atoms with Crippen LogP contribution in [-0.2, 0) is 4.74 Å². The maximum absolute atomic E-state index is 5.35. The molecule has 0 unspecified atom stereocenters. The highest BCUT2D eigenvalue weighted by atomic mass is 32.1. The van der Waals surface area contributed by atoms with E-state index in [-0.39, 0.29) is 0 Å². The van der Waals surface area contributed by atoms with Crippen LogP contribution in [0.3, 0.4) is 0 Å². The van der Waals surface area contributed by atoms with E-state index in [9.17, 15) is 0 Å². The van der Waals surface area contributed by atoms with E-state index >= 15 is 0 Å². The highest BCUT2D eigenvalue weighted by Gasteiger charge is 1.92. The Morgan fingerprint density at radius 1 is 1.54 bits per heavy atom. The maximum atomic E-state index is 5.35. The van der Waals surface area contributed by atoms with Crippen LogP contribution in [0.15, 0.2) is 11.6 Å². The second-order valence-electron chi connectivity index (χ2n) is 2.73. The molecule has 1 rings (SSSR count). The Bertz CT molecular complexity index is 201. The SMILES string of the molecule is CCCOCCCNc1nccs1. The van der Waals surface area contributed by atoms with Crippen molar-refractivity contribution in [2.45, 2.75) is 19.8 Å². The summed E-state index contributed by atoms with van der Waals surface area (Å²) in [6, 6.07) is 0. The van der Waals surface area contributed by atoms with Crippen LogP contribution in [0.25, 0.3) is 0 Å². The van der Waals surface area contributed by atoms with Gasteiger partial charge in [0.15, 0.2) is 5.13 Å². The summed E-state index contributed by atoms with van der Waals surface area (Å²) in [7, 11) is 0. The Hall–Kier alpha value is -0.610. The molecule has 0 aliphatic rings. The van der Waals surface area contributed by atoms with Crippen LogP contribution in [0.4, 0.5) is 5.13 Å². The molecule has 1 heterocycles. The van der Waals surface area contributed by atoms with Gasteiger partial charge in [0.25, 0.3) is 0 Å². The molecule has 0 saturated heterocycles. The monoisotopic (exact) mass is 200 g/mol. The minimum absolute atomic E-state index is 0.839. The second kappa shape index (κ2) is 6.86. The predicted octanol–water partition coefficient (Wildman–Crippen LogP) is 2.37. The summed E-state index contributed by atoms with van der Waals surface area (Å²) in [5, 5.41) is 6.19. The van der Waals surface area contributed by atoms with Crippen LogP contribution in [0.2, 0.25) is 0 Å². The van der Waals surface area contributed by atoms with E-state index in [2.05, 4.69) is 17.2 Å². The van der Waals surface area contributed by atoms with Crippen molar-refractivity contribution in [3.63, 3.8) is 0 Å². The Balaban J connectivity index is 1.90. The Kier molecular flexibility index (Phi) is 5.52. The first-order valence-electron chi connectivity index (χ1n) is 4.64. The summed E-state index contributed by atoms with van der Waals surface area (Å²) in [5.41, 5.74) is 0. The molecule has 0 atom stereocenters. The molecular weight excluding hydrogens is 184 g/mol. The summed E-state index contributed by atoms with van der Waals surface area (Å²) in [4.78, 5) is 4.12.